The third-order valence-corrected chi connectivity index (χ3v) is 2.58. The summed E-state index contributed by atoms with van der Waals surface area (Å²) in [7, 11) is 0. The number of hydrogen-bond donors (Lipinski definition) is 2. The quantitative estimate of drug-likeness (QED) is 0.846. The molecule has 1 saturated heterocycles. The van der Waals surface area contributed by atoms with Crippen LogP contribution in [0.3, 0.4) is 0 Å². The Bertz CT molecular complexity index is 390. The summed E-state index contributed by atoms with van der Waals surface area (Å²) in [6, 6.07) is 1.06. The van der Waals surface area contributed by atoms with E-state index in [2.05, 4.69) is 15.6 Å². The molecule has 1 fully saturated rings. The molecule has 1 aliphatic rings. The smallest absolute Gasteiger partial charge is 0.364 e. The van der Waals surface area contributed by atoms with Crippen molar-refractivity contribution in [3.05, 3.63) is 22.8 Å². The molecular weight excluding hydrogens is 243 g/mol. The molecule has 0 saturated carbocycles. The molecule has 1 aliphatic heterocycles. The first-order valence-electron chi connectivity index (χ1n) is 4.67. The molecule has 2 heterocycles. The van der Waals surface area contributed by atoms with Crippen molar-refractivity contribution in [1.82, 2.24) is 10.3 Å². The molecule has 0 atom stereocenters. The second kappa shape index (κ2) is 4.10. The molecule has 0 spiro atoms. The SMILES string of the molecule is FC(F)(F)c1cnc(NC2CNC2)c(Cl)c1. The summed E-state index contributed by atoms with van der Waals surface area (Å²) in [6.45, 7) is 1.53. The van der Waals surface area contributed by atoms with E-state index in [4.69, 9.17) is 11.6 Å². The molecule has 2 N–H and O–H groups in total. The zero-order valence-corrected chi connectivity index (χ0v) is 8.86. The third-order valence-electron chi connectivity index (χ3n) is 2.29. The highest BCUT2D eigenvalue weighted by Gasteiger charge is 2.31. The summed E-state index contributed by atoms with van der Waals surface area (Å²) in [5, 5.41) is 5.96. The van der Waals surface area contributed by atoms with Gasteiger partial charge >= 0.3 is 6.18 Å². The Morgan fingerprint density at radius 2 is 2.12 bits per heavy atom. The molecule has 7 heteroatoms. The standard InChI is InChI=1S/C9H9ClF3N3/c10-7-1-5(9(11,12)13)2-15-8(7)16-6-3-14-4-6/h1-2,6,14H,3-4H2,(H,15,16). The number of hydrogen-bond acceptors (Lipinski definition) is 3. The van der Waals surface area contributed by atoms with E-state index in [1.807, 2.05) is 0 Å². The van der Waals surface area contributed by atoms with Crippen LogP contribution in [0.15, 0.2) is 12.3 Å². The number of alkyl halides is 3. The molecule has 0 unspecified atom stereocenters. The maximum Gasteiger partial charge on any atom is 0.417 e. The van der Waals surface area contributed by atoms with Crippen molar-refractivity contribution >= 4 is 17.4 Å². The molecule has 0 bridgehead atoms. The highest BCUT2D eigenvalue weighted by atomic mass is 35.5. The number of anilines is 1. The number of rotatable bonds is 2. The van der Waals surface area contributed by atoms with Gasteiger partial charge in [0, 0.05) is 19.3 Å². The third kappa shape index (κ3) is 2.38. The Balaban J connectivity index is 2.15. The highest BCUT2D eigenvalue weighted by Crippen LogP contribution is 2.32. The van der Waals surface area contributed by atoms with Gasteiger partial charge in [-0.25, -0.2) is 4.98 Å². The summed E-state index contributed by atoms with van der Waals surface area (Å²) < 4.78 is 36.9. The van der Waals surface area contributed by atoms with Gasteiger partial charge in [0.25, 0.3) is 0 Å². The maximum absolute atomic E-state index is 12.3. The van der Waals surface area contributed by atoms with Gasteiger partial charge in [-0.15, -0.1) is 0 Å². The van der Waals surface area contributed by atoms with Gasteiger partial charge in [-0.2, -0.15) is 13.2 Å². The summed E-state index contributed by atoms with van der Waals surface area (Å²) in [4.78, 5) is 3.68. The lowest BCUT2D eigenvalue weighted by atomic mass is 10.2. The van der Waals surface area contributed by atoms with Crippen LogP contribution in [0, 0.1) is 0 Å². The van der Waals surface area contributed by atoms with Gasteiger partial charge in [0.05, 0.1) is 16.6 Å². The van der Waals surface area contributed by atoms with E-state index >= 15 is 0 Å². The Morgan fingerprint density at radius 1 is 1.44 bits per heavy atom. The van der Waals surface area contributed by atoms with Gasteiger partial charge in [0.2, 0.25) is 0 Å². The van der Waals surface area contributed by atoms with Crippen molar-refractivity contribution in [2.24, 2.45) is 0 Å². The first kappa shape index (κ1) is 11.5. The van der Waals surface area contributed by atoms with Crippen LogP contribution in [-0.2, 0) is 6.18 Å². The molecule has 1 aromatic heterocycles. The van der Waals surface area contributed by atoms with Gasteiger partial charge in [-0.1, -0.05) is 11.6 Å². The number of nitrogens with one attached hydrogen (secondary N) is 2. The highest BCUT2D eigenvalue weighted by molar-refractivity contribution is 6.33. The molecule has 0 radical (unpaired) electrons. The summed E-state index contributed by atoms with van der Waals surface area (Å²) in [5.74, 6) is 0.293. The number of aromatic nitrogens is 1. The average molecular weight is 252 g/mol. The van der Waals surface area contributed by atoms with E-state index in [0.717, 1.165) is 25.4 Å². The molecule has 0 aromatic carbocycles. The summed E-state index contributed by atoms with van der Waals surface area (Å²) in [5.41, 5.74) is -0.838. The van der Waals surface area contributed by atoms with Crippen LogP contribution in [0.5, 0.6) is 0 Å². The lowest BCUT2D eigenvalue weighted by Gasteiger charge is -2.28. The molecule has 88 valence electrons. The van der Waals surface area contributed by atoms with Crippen LogP contribution < -0.4 is 10.6 Å². The minimum Gasteiger partial charge on any atom is -0.364 e. The number of nitrogens with zero attached hydrogens (tertiary/aromatic N) is 1. The van der Waals surface area contributed by atoms with Crippen molar-refractivity contribution in [3.8, 4) is 0 Å². The number of pyridine rings is 1. The average Bonchev–Trinajstić information content (AvgIpc) is 2.11. The van der Waals surface area contributed by atoms with Crippen molar-refractivity contribution in [2.75, 3.05) is 18.4 Å². The first-order valence-corrected chi connectivity index (χ1v) is 5.04. The molecule has 16 heavy (non-hydrogen) atoms. The second-order valence-electron chi connectivity index (χ2n) is 3.55. The van der Waals surface area contributed by atoms with Gasteiger partial charge in [-0.3, -0.25) is 0 Å². The molecule has 2 rings (SSSR count). The zero-order chi connectivity index (χ0) is 11.8. The van der Waals surface area contributed by atoms with E-state index in [1.165, 1.54) is 0 Å². The first-order chi connectivity index (χ1) is 7.47. The molecule has 0 amide bonds. The maximum atomic E-state index is 12.3. The fraction of sp³-hybridized carbons (Fsp3) is 0.444. The molecular formula is C9H9ClF3N3. The topological polar surface area (TPSA) is 37.0 Å². The van der Waals surface area contributed by atoms with E-state index in [9.17, 15) is 13.2 Å². The van der Waals surface area contributed by atoms with Crippen LogP contribution in [-0.4, -0.2) is 24.1 Å². The van der Waals surface area contributed by atoms with Crippen molar-refractivity contribution < 1.29 is 13.2 Å². The van der Waals surface area contributed by atoms with Gasteiger partial charge < -0.3 is 10.6 Å². The Morgan fingerprint density at radius 3 is 2.56 bits per heavy atom. The minimum absolute atomic E-state index is 0.0123. The van der Waals surface area contributed by atoms with Gasteiger partial charge in [-0.05, 0) is 6.07 Å². The Kier molecular flexibility index (Phi) is 2.94. The fourth-order valence-electron chi connectivity index (χ4n) is 1.28. The summed E-state index contributed by atoms with van der Waals surface area (Å²) in [6.07, 6.45) is -3.63. The predicted molar refractivity (Wildman–Crippen MR) is 54.5 cm³/mol. The van der Waals surface area contributed by atoms with Gasteiger partial charge in [0.1, 0.15) is 5.82 Å². The van der Waals surface area contributed by atoms with E-state index < -0.39 is 11.7 Å². The van der Waals surface area contributed by atoms with Crippen LogP contribution >= 0.6 is 11.6 Å². The van der Waals surface area contributed by atoms with Crippen LogP contribution in [0.25, 0.3) is 0 Å². The van der Waals surface area contributed by atoms with E-state index in [1.54, 1.807) is 0 Å². The lowest BCUT2D eigenvalue weighted by Crippen LogP contribution is -2.51. The van der Waals surface area contributed by atoms with Crippen molar-refractivity contribution in [2.45, 2.75) is 12.2 Å². The zero-order valence-electron chi connectivity index (χ0n) is 8.11. The Labute approximate surface area is 95.0 Å². The molecule has 0 aliphatic carbocycles. The van der Waals surface area contributed by atoms with Gasteiger partial charge in [0.15, 0.2) is 0 Å². The normalized spacial score (nSPS) is 17.0. The van der Waals surface area contributed by atoms with Crippen molar-refractivity contribution in [1.29, 1.82) is 0 Å². The Hall–Kier alpha value is -1.01. The van der Waals surface area contributed by atoms with E-state index in [0.29, 0.717) is 5.82 Å². The molecule has 1 aromatic rings. The lowest BCUT2D eigenvalue weighted by molar-refractivity contribution is -0.137. The number of halogens is 4. The van der Waals surface area contributed by atoms with Crippen LogP contribution in [0.2, 0.25) is 5.02 Å². The predicted octanol–water partition coefficient (Wildman–Crippen LogP) is 2.14. The monoisotopic (exact) mass is 251 g/mol. The van der Waals surface area contributed by atoms with Crippen molar-refractivity contribution in [3.63, 3.8) is 0 Å². The van der Waals surface area contributed by atoms with Crippen LogP contribution in [0.1, 0.15) is 5.56 Å². The second-order valence-corrected chi connectivity index (χ2v) is 3.96. The minimum atomic E-state index is -4.41. The largest absolute Gasteiger partial charge is 0.417 e. The fourth-order valence-corrected chi connectivity index (χ4v) is 1.50. The summed E-state index contributed by atoms with van der Waals surface area (Å²) >= 11 is 5.72. The van der Waals surface area contributed by atoms with Crippen LogP contribution in [0.4, 0.5) is 19.0 Å². The molecule has 3 nitrogen and oxygen atoms in total. The van der Waals surface area contributed by atoms with E-state index in [-0.39, 0.29) is 11.1 Å².